The molecule has 1 atom stereocenters. The van der Waals surface area contributed by atoms with Gasteiger partial charge in [-0.05, 0) is 41.9 Å². The summed E-state index contributed by atoms with van der Waals surface area (Å²) in [5.41, 5.74) is 3.88. The zero-order valence-electron chi connectivity index (χ0n) is 12.2. The summed E-state index contributed by atoms with van der Waals surface area (Å²) in [5.74, 6) is 0. The molecule has 0 spiro atoms. The Morgan fingerprint density at radius 2 is 1.52 bits per heavy atom. The Hall–Kier alpha value is -1.64. The van der Waals surface area contributed by atoms with Gasteiger partial charge in [-0.2, -0.15) is 0 Å². The molecule has 0 heterocycles. The van der Waals surface area contributed by atoms with Crippen molar-refractivity contribution in [3.05, 3.63) is 81.8 Å². The average Bonchev–Trinajstić information content (AvgIpc) is 2.52. The van der Waals surface area contributed by atoms with Crippen LogP contribution in [0.25, 0.3) is 10.8 Å². The normalized spacial score (nSPS) is 12.5. The molecule has 3 aromatic carbocycles. The molecule has 0 saturated heterocycles. The van der Waals surface area contributed by atoms with Crippen LogP contribution in [0.4, 0.5) is 0 Å². The minimum Gasteiger partial charge on any atom is -0.309 e. The van der Waals surface area contributed by atoms with Crippen molar-refractivity contribution in [2.75, 3.05) is 7.05 Å². The molecule has 0 fully saturated rings. The van der Waals surface area contributed by atoms with E-state index < -0.39 is 0 Å². The summed E-state index contributed by atoms with van der Waals surface area (Å²) in [7, 11) is 2.02. The van der Waals surface area contributed by atoms with Crippen LogP contribution in [0.15, 0.2) is 65.1 Å². The Morgan fingerprint density at radius 3 is 2.19 bits per heavy atom. The smallest absolute Gasteiger partial charge is 0.0580 e. The van der Waals surface area contributed by atoms with Crippen LogP contribution in [0.2, 0.25) is 0 Å². The largest absolute Gasteiger partial charge is 0.309 e. The summed E-state index contributed by atoms with van der Waals surface area (Å²) in [6.07, 6.45) is 0. The van der Waals surface area contributed by atoms with Crippen LogP contribution in [0.1, 0.15) is 22.7 Å². The highest BCUT2D eigenvalue weighted by Gasteiger charge is 2.15. The fourth-order valence-corrected chi connectivity index (χ4v) is 3.28. The molecule has 0 radical (unpaired) electrons. The van der Waals surface area contributed by atoms with Crippen LogP contribution in [-0.4, -0.2) is 7.05 Å². The Kier molecular flexibility index (Phi) is 4.09. The number of fused-ring (bicyclic) bond motifs is 1. The lowest BCUT2D eigenvalue weighted by molar-refractivity contribution is 0.696. The summed E-state index contributed by atoms with van der Waals surface area (Å²) < 4.78 is 1.14. The van der Waals surface area contributed by atoms with Crippen molar-refractivity contribution in [2.24, 2.45) is 0 Å². The lowest BCUT2D eigenvalue weighted by Crippen LogP contribution is -2.18. The molecule has 0 aliphatic heterocycles. The lowest BCUT2D eigenvalue weighted by atomic mass is 9.93. The number of rotatable bonds is 3. The maximum absolute atomic E-state index is 3.65. The quantitative estimate of drug-likeness (QED) is 0.689. The minimum absolute atomic E-state index is 0.198. The molecular formula is C19H18BrN. The Labute approximate surface area is 134 Å². The molecule has 1 N–H and O–H groups in total. The molecule has 0 saturated carbocycles. The topological polar surface area (TPSA) is 12.0 Å². The van der Waals surface area contributed by atoms with Crippen LogP contribution in [0, 0.1) is 6.92 Å². The molecular weight excluding hydrogens is 322 g/mol. The van der Waals surface area contributed by atoms with Gasteiger partial charge in [0.15, 0.2) is 0 Å². The van der Waals surface area contributed by atoms with Crippen molar-refractivity contribution in [1.82, 2.24) is 5.32 Å². The minimum atomic E-state index is 0.198. The van der Waals surface area contributed by atoms with Crippen LogP contribution < -0.4 is 5.32 Å². The predicted octanol–water partition coefficient (Wildman–Crippen LogP) is 5.22. The monoisotopic (exact) mass is 339 g/mol. The summed E-state index contributed by atoms with van der Waals surface area (Å²) in [4.78, 5) is 0. The third-order valence-electron chi connectivity index (χ3n) is 3.91. The zero-order chi connectivity index (χ0) is 14.8. The van der Waals surface area contributed by atoms with Gasteiger partial charge in [-0.3, -0.25) is 0 Å². The van der Waals surface area contributed by atoms with Crippen molar-refractivity contribution in [3.63, 3.8) is 0 Å². The van der Waals surface area contributed by atoms with Crippen molar-refractivity contribution >= 4 is 26.7 Å². The number of hydrogen-bond donors (Lipinski definition) is 1. The number of aryl methyl sites for hydroxylation is 1. The fourth-order valence-electron chi connectivity index (χ4n) is 2.80. The number of benzene rings is 3. The van der Waals surface area contributed by atoms with E-state index in [1.807, 2.05) is 7.05 Å². The Balaban J connectivity index is 2.17. The lowest BCUT2D eigenvalue weighted by Gasteiger charge is -2.20. The van der Waals surface area contributed by atoms with Crippen molar-refractivity contribution in [1.29, 1.82) is 0 Å². The molecule has 0 amide bonds. The fraction of sp³-hybridized carbons (Fsp3) is 0.158. The summed E-state index contributed by atoms with van der Waals surface area (Å²) in [6, 6.07) is 21.8. The highest BCUT2D eigenvalue weighted by atomic mass is 79.9. The van der Waals surface area contributed by atoms with Gasteiger partial charge in [-0.25, -0.2) is 0 Å². The van der Waals surface area contributed by atoms with Gasteiger partial charge in [0.25, 0.3) is 0 Å². The van der Waals surface area contributed by atoms with Gasteiger partial charge in [0.05, 0.1) is 6.04 Å². The Bertz CT molecular complexity index is 762. The van der Waals surface area contributed by atoms with E-state index >= 15 is 0 Å². The molecule has 0 bridgehead atoms. The molecule has 1 nitrogen and oxygen atoms in total. The first-order chi connectivity index (χ1) is 10.2. The molecule has 1 unspecified atom stereocenters. The molecule has 0 aromatic heterocycles. The first-order valence-electron chi connectivity index (χ1n) is 7.11. The highest BCUT2D eigenvalue weighted by Crippen LogP contribution is 2.32. The third-order valence-corrected chi connectivity index (χ3v) is 4.61. The van der Waals surface area contributed by atoms with Gasteiger partial charge >= 0.3 is 0 Å². The number of hydrogen-bond acceptors (Lipinski definition) is 1. The van der Waals surface area contributed by atoms with E-state index in [9.17, 15) is 0 Å². The highest BCUT2D eigenvalue weighted by molar-refractivity contribution is 9.10. The van der Waals surface area contributed by atoms with E-state index in [0.717, 1.165) is 4.47 Å². The van der Waals surface area contributed by atoms with Gasteiger partial charge in [0.2, 0.25) is 0 Å². The predicted molar refractivity (Wildman–Crippen MR) is 93.7 cm³/mol. The first kappa shape index (κ1) is 14.3. The molecule has 21 heavy (non-hydrogen) atoms. The van der Waals surface area contributed by atoms with Crippen LogP contribution >= 0.6 is 15.9 Å². The first-order valence-corrected chi connectivity index (χ1v) is 7.91. The second-order valence-electron chi connectivity index (χ2n) is 5.31. The van der Waals surface area contributed by atoms with E-state index in [1.165, 1.54) is 27.5 Å². The zero-order valence-corrected chi connectivity index (χ0v) is 13.8. The average molecular weight is 340 g/mol. The van der Waals surface area contributed by atoms with E-state index in [-0.39, 0.29) is 6.04 Å². The summed E-state index contributed by atoms with van der Waals surface area (Å²) in [6.45, 7) is 2.12. The van der Waals surface area contributed by atoms with E-state index in [1.54, 1.807) is 0 Å². The second-order valence-corrected chi connectivity index (χ2v) is 6.17. The number of halogens is 1. The molecule has 0 aliphatic carbocycles. The van der Waals surface area contributed by atoms with Gasteiger partial charge < -0.3 is 5.32 Å². The molecule has 106 valence electrons. The third kappa shape index (κ3) is 2.74. The second kappa shape index (κ2) is 6.00. The van der Waals surface area contributed by atoms with Gasteiger partial charge in [-0.15, -0.1) is 0 Å². The van der Waals surface area contributed by atoms with Crippen LogP contribution in [0.3, 0.4) is 0 Å². The molecule has 0 aliphatic rings. The maximum atomic E-state index is 3.65. The molecule has 2 heteroatoms. The van der Waals surface area contributed by atoms with Gasteiger partial charge in [-0.1, -0.05) is 76.1 Å². The molecule has 3 aromatic rings. The van der Waals surface area contributed by atoms with Crippen molar-refractivity contribution in [2.45, 2.75) is 13.0 Å². The van der Waals surface area contributed by atoms with E-state index in [2.05, 4.69) is 88.8 Å². The summed E-state index contributed by atoms with van der Waals surface area (Å²) in [5, 5.41) is 5.99. The SMILES string of the molecule is CNC(c1ccc(C)cc1)c1ccc(Br)c2ccccc12. The van der Waals surface area contributed by atoms with Crippen molar-refractivity contribution in [3.8, 4) is 0 Å². The van der Waals surface area contributed by atoms with Crippen molar-refractivity contribution < 1.29 is 0 Å². The van der Waals surface area contributed by atoms with Crippen LogP contribution in [0.5, 0.6) is 0 Å². The van der Waals surface area contributed by atoms with Gasteiger partial charge in [0, 0.05) is 4.47 Å². The Morgan fingerprint density at radius 1 is 0.857 bits per heavy atom. The van der Waals surface area contributed by atoms with Gasteiger partial charge in [0.1, 0.15) is 0 Å². The van der Waals surface area contributed by atoms with E-state index in [0.29, 0.717) is 0 Å². The van der Waals surface area contributed by atoms with Crippen LogP contribution in [-0.2, 0) is 0 Å². The summed E-state index contributed by atoms with van der Waals surface area (Å²) >= 11 is 3.65. The number of nitrogens with one attached hydrogen (secondary N) is 1. The molecule has 3 rings (SSSR count). The maximum Gasteiger partial charge on any atom is 0.0580 e. The van der Waals surface area contributed by atoms with E-state index in [4.69, 9.17) is 0 Å². The standard InChI is InChI=1S/C19H18BrN/c1-13-7-9-14(10-8-13)19(21-2)17-11-12-18(20)16-6-4-3-5-15(16)17/h3-12,19,21H,1-2H3.